The molecule has 0 saturated carbocycles. The molecule has 8 heteroatoms. The van der Waals surface area contributed by atoms with Crippen LogP contribution >= 0.6 is 0 Å². The van der Waals surface area contributed by atoms with Gasteiger partial charge in [0.15, 0.2) is 5.82 Å². The molecule has 170 valence electrons. The highest BCUT2D eigenvalue weighted by Gasteiger charge is 2.37. The molecular formula is C25H27N5O3. The minimum Gasteiger partial charge on any atom is -0.378 e. The first-order valence-corrected chi connectivity index (χ1v) is 11.3. The van der Waals surface area contributed by atoms with Gasteiger partial charge in [-0.25, -0.2) is 4.98 Å². The zero-order chi connectivity index (χ0) is 22.9. The molecule has 0 bridgehead atoms. The standard InChI is InChI=1S/C25H27N5O3/c1-17(2)30-16-26-23(27-30)21-15-29(25(32)18-6-4-3-5-7-18)22-9-8-19(14-20(21)22)24(31)28-10-12-33-13-11-28/h3-9,14,16-17,21H,10-13,15H2,1-2H3/t21-/m1/s1. The Morgan fingerprint density at radius 1 is 1.00 bits per heavy atom. The van der Waals surface area contributed by atoms with Crippen molar-refractivity contribution in [3.05, 3.63) is 77.4 Å². The molecule has 8 nitrogen and oxygen atoms in total. The average Bonchev–Trinajstić information content (AvgIpc) is 3.49. The summed E-state index contributed by atoms with van der Waals surface area (Å²) in [5.41, 5.74) is 2.93. The van der Waals surface area contributed by atoms with E-state index in [4.69, 9.17) is 4.74 Å². The van der Waals surface area contributed by atoms with Crippen molar-refractivity contribution in [3.8, 4) is 0 Å². The summed E-state index contributed by atoms with van der Waals surface area (Å²) in [5, 5.41) is 4.68. The summed E-state index contributed by atoms with van der Waals surface area (Å²) in [7, 11) is 0. The number of amides is 2. The van der Waals surface area contributed by atoms with Gasteiger partial charge in [0.2, 0.25) is 0 Å². The second-order valence-corrected chi connectivity index (χ2v) is 8.69. The van der Waals surface area contributed by atoms with Crippen LogP contribution in [0.3, 0.4) is 0 Å². The van der Waals surface area contributed by atoms with E-state index in [0.29, 0.717) is 49.8 Å². The van der Waals surface area contributed by atoms with Gasteiger partial charge in [-0.15, -0.1) is 0 Å². The molecule has 0 radical (unpaired) electrons. The van der Waals surface area contributed by atoms with Gasteiger partial charge in [0, 0.05) is 42.5 Å². The smallest absolute Gasteiger partial charge is 0.258 e. The van der Waals surface area contributed by atoms with E-state index < -0.39 is 0 Å². The second kappa shape index (κ2) is 8.78. The number of carbonyl (C=O) groups is 2. The van der Waals surface area contributed by atoms with Crippen LogP contribution in [0, 0.1) is 0 Å². The van der Waals surface area contributed by atoms with Crippen LogP contribution in [0.2, 0.25) is 0 Å². The van der Waals surface area contributed by atoms with E-state index in [1.54, 1.807) is 11.2 Å². The van der Waals surface area contributed by atoms with Gasteiger partial charge < -0.3 is 14.5 Å². The number of ether oxygens (including phenoxy) is 1. The van der Waals surface area contributed by atoms with Gasteiger partial charge in [-0.3, -0.25) is 14.3 Å². The Bertz CT molecular complexity index is 1170. The number of anilines is 1. The first kappa shape index (κ1) is 21.3. The molecule has 0 spiro atoms. The van der Waals surface area contributed by atoms with Crippen LogP contribution in [0.25, 0.3) is 0 Å². The number of fused-ring (bicyclic) bond motifs is 1. The molecule has 0 N–H and O–H groups in total. The Morgan fingerprint density at radius 3 is 2.45 bits per heavy atom. The number of morpholine rings is 1. The molecule has 33 heavy (non-hydrogen) atoms. The summed E-state index contributed by atoms with van der Waals surface area (Å²) in [5.74, 6) is 0.359. The highest BCUT2D eigenvalue weighted by Crippen LogP contribution is 2.40. The molecule has 2 aromatic carbocycles. The number of carbonyl (C=O) groups excluding carboxylic acids is 2. The maximum Gasteiger partial charge on any atom is 0.258 e. The zero-order valence-electron chi connectivity index (χ0n) is 18.8. The fourth-order valence-electron chi connectivity index (χ4n) is 4.39. The number of benzene rings is 2. The van der Waals surface area contributed by atoms with Gasteiger partial charge in [-0.2, -0.15) is 5.10 Å². The number of hydrogen-bond donors (Lipinski definition) is 0. The van der Waals surface area contributed by atoms with E-state index in [2.05, 4.69) is 10.1 Å². The van der Waals surface area contributed by atoms with E-state index in [-0.39, 0.29) is 23.8 Å². The zero-order valence-corrected chi connectivity index (χ0v) is 18.8. The minimum absolute atomic E-state index is 0.0200. The average molecular weight is 446 g/mol. The predicted octanol–water partition coefficient (Wildman–Crippen LogP) is 3.12. The molecule has 2 aliphatic rings. The minimum atomic E-state index is -0.204. The van der Waals surface area contributed by atoms with Crippen molar-refractivity contribution in [1.82, 2.24) is 19.7 Å². The number of hydrogen-bond acceptors (Lipinski definition) is 5. The first-order chi connectivity index (χ1) is 16.0. The largest absolute Gasteiger partial charge is 0.378 e. The molecule has 1 aromatic heterocycles. The Balaban J connectivity index is 1.53. The van der Waals surface area contributed by atoms with Gasteiger partial charge in [0.25, 0.3) is 11.8 Å². The van der Waals surface area contributed by atoms with E-state index in [0.717, 1.165) is 11.3 Å². The molecular weight excluding hydrogens is 418 g/mol. The molecule has 2 aliphatic heterocycles. The van der Waals surface area contributed by atoms with Crippen LogP contribution in [0.15, 0.2) is 54.9 Å². The lowest BCUT2D eigenvalue weighted by Crippen LogP contribution is -2.40. The summed E-state index contributed by atoms with van der Waals surface area (Å²) in [4.78, 5) is 34.6. The summed E-state index contributed by atoms with van der Waals surface area (Å²) in [6, 6.07) is 15.0. The first-order valence-electron chi connectivity index (χ1n) is 11.3. The van der Waals surface area contributed by atoms with Crippen LogP contribution < -0.4 is 4.90 Å². The van der Waals surface area contributed by atoms with Crippen molar-refractivity contribution >= 4 is 17.5 Å². The summed E-state index contributed by atoms with van der Waals surface area (Å²) in [6.45, 7) is 6.79. The molecule has 2 amide bonds. The van der Waals surface area contributed by atoms with Crippen molar-refractivity contribution in [2.24, 2.45) is 0 Å². The third-order valence-electron chi connectivity index (χ3n) is 6.24. The van der Waals surface area contributed by atoms with Crippen LogP contribution in [0.5, 0.6) is 0 Å². The van der Waals surface area contributed by atoms with Crippen molar-refractivity contribution in [1.29, 1.82) is 0 Å². The summed E-state index contributed by atoms with van der Waals surface area (Å²) >= 11 is 0. The number of aromatic nitrogens is 3. The monoisotopic (exact) mass is 445 g/mol. The Kier molecular flexibility index (Phi) is 5.68. The maximum absolute atomic E-state index is 13.4. The molecule has 0 aliphatic carbocycles. The lowest BCUT2D eigenvalue weighted by atomic mass is 9.98. The highest BCUT2D eigenvalue weighted by molar-refractivity contribution is 6.08. The van der Waals surface area contributed by atoms with Crippen LogP contribution in [0.4, 0.5) is 5.69 Å². The quantitative estimate of drug-likeness (QED) is 0.616. The van der Waals surface area contributed by atoms with E-state index >= 15 is 0 Å². The molecule has 1 atom stereocenters. The van der Waals surface area contributed by atoms with Crippen LogP contribution in [-0.2, 0) is 4.74 Å². The fourth-order valence-corrected chi connectivity index (χ4v) is 4.39. The summed E-state index contributed by atoms with van der Waals surface area (Å²) in [6.07, 6.45) is 1.73. The molecule has 3 aromatic rings. The van der Waals surface area contributed by atoms with Gasteiger partial charge in [0.05, 0.1) is 19.1 Å². The molecule has 5 rings (SSSR count). The maximum atomic E-state index is 13.4. The highest BCUT2D eigenvalue weighted by atomic mass is 16.5. The second-order valence-electron chi connectivity index (χ2n) is 8.69. The fraction of sp³-hybridized carbons (Fsp3) is 0.360. The number of rotatable bonds is 4. The third-order valence-corrected chi connectivity index (χ3v) is 6.24. The van der Waals surface area contributed by atoms with E-state index in [1.807, 2.05) is 72.0 Å². The van der Waals surface area contributed by atoms with Crippen molar-refractivity contribution in [2.45, 2.75) is 25.8 Å². The van der Waals surface area contributed by atoms with Gasteiger partial charge in [-0.05, 0) is 49.7 Å². The molecule has 3 heterocycles. The van der Waals surface area contributed by atoms with Crippen LogP contribution in [0.1, 0.15) is 57.9 Å². The van der Waals surface area contributed by atoms with Gasteiger partial charge >= 0.3 is 0 Å². The van der Waals surface area contributed by atoms with Gasteiger partial charge in [0.1, 0.15) is 6.33 Å². The Hall–Kier alpha value is -3.52. The molecule has 1 saturated heterocycles. The van der Waals surface area contributed by atoms with E-state index in [1.165, 1.54) is 0 Å². The van der Waals surface area contributed by atoms with Crippen molar-refractivity contribution in [2.75, 3.05) is 37.7 Å². The SMILES string of the molecule is CC(C)n1cnc([C@@H]2CN(C(=O)c3ccccc3)c3ccc(C(=O)N4CCOCC4)cc32)n1. The molecule has 0 unspecified atom stereocenters. The number of nitrogens with zero attached hydrogens (tertiary/aromatic N) is 5. The van der Waals surface area contributed by atoms with Crippen LogP contribution in [-0.4, -0.2) is 64.3 Å². The predicted molar refractivity (Wildman–Crippen MR) is 124 cm³/mol. The lowest BCUT2D eigenvalue weighted by Gasteiger charge is -2.27. The normalized spacial score (nSPS) is 18.0. The Morgan fingerprint density at radius 2 is 1.76 bits per heavy atom. The lowest BCUT2D eigenvalue weighted by molar-refractivity contribution is 0.0303. The topological polar surface area (TPSA) is 80.6 Å². The van der Waals surface area contributed by atoms with Gasteiger partial charge in [-0.1, -0.05) is 18.2 Å². The Labute approximate surface area is 192 Å². The third kappa shape index (κ3) is 4.02. The van der Waals surface area contributed by atoms with Crippen molar-refractivity contribution in [3.63, 3.8) is 0 Å². The summed E-state index contributed by atoms with van der Waals surface area (Å²) < 4.78 is 7.20. The van der Waals surface area contributed by atoms with Crippen molar-refractivity contribution < 1.29 is 14.3 Å². The molecule has 1 fully saturated rings. The van der Waals surface area contributed by atoms with E-state index in [9.17, 15) is 9.59 Å².